The van der Waals surface area contributed by atoms with Crippen molar-refractivity contribution in [3.8, 4) is 5.75 Å². The van der Waals surface area contributed by atoms with Gasteiger partial charge in [-0.25, -0.2) is 0 Å². The molecule has 0 heterocycles. The van der Waals surface area contributed by atoms with Crippen LogP contribution < -0.4 is 4.74 Å². The average Bonchev–Trinajstić information content (AvgIpc) is 2.64. The summed E-state index contributed by atoms with van der Waals surface area (Å²) in [5.41, 5.74) is -0.489. The van der Waals surface area contributed by atoms with Gasteiger partial charge in [-0.3, -0.25) is 4.79 Å². The Labute approximate surface area is 204 Å². The van der Waals surface area contributed by atoms with Gasteiger partial charge in [0.25, 0.3) is 0 Å². The van der Waals surface area contributed by atoms with Gasteiger partial charge in [0.1, 0.15) is 10.0 Å². The van der Waals surface area contributed by atoms with E-state index in [2.05, 4.69) is 33.9 Å². The van der Waals surface area contributed by atoms with Crippen molar-refractivity contribution in [3.05, 3.63) is 25.1 Å². The van der Waals surface area contributed by atoms with Crippen LogP contribution >= 0.6 is 58.0 Å². The third kappa shape index (κ3) is 4.15. The summed E-state index contributed by atoms with van der Waals surface area (Å²) in [6, 6.07) is 0. The van der Waals surface area contributed by atoms with E-state index in [4.69, 9.17) is 67.2 Å². The molecule has 0 spiro atoms. The quantitative estimate of drug-likeness (QED) is 0.128. The molecule has 1 aromatic carbocycles. The highest BCUT2D eigenvalue weighted by atomic mass is 35.5. The Balaban J connectivity index is 1.91. The van der Waals surface area contributed by atoms with Gasteiger partial charge >= 0.3 is 5.97 Å². The third-order valence-electron chi connectivity index (χ3n) is 7.08. The molecule has 0 radical (unpaired) electrons. The van der Waals surface area contributed by atoms with Gasteiger partial charge in [0, 0.05) is 0 Å². The van der Waals surface area contributed by atoms with Crippen LogP contribution in [0.3, 0.4) is 0 Å². The molecule has 2 aliphatic rings. The first kappa shape index (κ1) is 24.9. The van der Waals surface area contributed by atoms with Gasteiger partial charge in [-0.15, -0.1) is 0 Å². The van der Waals surface area contributed by atoms with E-state index in [1.165, 1.54) is 0 Å². The number of halogens is 5. The van der Waals surface area contributed by atoms with Crippen molar-refractivity contribution in [2.75, 3.05) is 0 Å². The van der Waals surface area contributed by atoms with Crippen molar-refractivity contribution in [1.29, 1.82) is 0 Å². The molecule has 0 N–H and O–H groups in total. The second-order valence-corrected chi connectivity index (χ2v) is 16.5. The minimum atomic E-state index is -2.10. The van der Waals surface area contributed by atoms with E-state index in [0.717, 1.165) is 32.1 Å². The van der Waals surface area contributed by atoms with Crippen LogP contribution in [0.25, 0.3) is 0 Å². The number of fused-ring (bicyclic) bond motifs is 1. The lowest BCUT2D eigenvalue weighted by molar-refractivity contribution is -0.187. The van der Waals surface area contributed by atoms with Crippen LogP contribution in [0.15, 0.2) is 0 Å². The SMILES string of the molecule is CC(C)(C)[Si](C)(C)O[C@]12CCCC[C@H]1C[C@@H]2C(=O)Oc1c(Cl)c(Cl)c(Cl)c(Cl)c1Cl. The molecule has 0 amide bonds. The number of ether oxygens (including phenoxy) is 1. The van der Waals surface area contributed by atoms with Crippen LogP contribution in [0, 0.1) is 11.8 Å². The van der Waals surface area contributed by atoms with Gasteiger partial charge in [-0.2, -0.15) is 0 Å². The maximum Gasteiger partial charge on any atom is 0.317 e. The van der Waals surface area contributed by atoms with Crippen LogP contribution in [-0.2, 0) is 9.22 Å². The van der Waals surface area contributed by atoms with Gasteiger partial charge < -0.3 is 9.16 Å². The summed E-state index contributed by atoms with van der Waals surface area (Å²) in [5.74, 6) is -0.479. The summed E-state index contributed by atoms with van der Waals surface area (Å²) in [4.78, 5) is 13.3. The molecule has 2 aliphatic carbocycles. The number of carbonyl (C=O) groups excluding carboxylic acids is 1. The van der Waals surface area contributed by atoms with Crippen LogP contribution in [-0.4, -0.2) is 19.9 Å². The second kappa shape index (κ2) is 8.59. The number of benzene rings is 1. The largest absolute Gasteiger partial charge is 0.423 e. The predicted molar refractivity (Wildman–Crippen MR) is 128 cm³/mol. The molecular weight excluding hydrogens is 506 g/mol. The highest BCUT2D eigenvalue weighted by Crippen LogP contribution is 2.59. The van der Waals surface area contributed by atoms with Gasteiger partial charge in [0.2, 0.25) is 0 Å². The molecule has 30 heavy (non-hydrogen) atoms. The third-order valence-corrected chi connectivity index (χ3v) is 13.8. The van der Waals surface area contributed by atoms with Crippen molar-refractivity contribution >= 4 is 72.3 Å². The zero-order chi connectivity index (χ0) is 22.6. The van der Waals surface area contributed by atoms with Crippen LogP contribution in [0.2, 0.25) is 43.2 Å². The smallest absolute Gasteiger partial charge is 0.317 e. The molecule has 0 bridgehead atoms. The van der Waals surface area contributed by atoms with Gasteiger partial charge in [-0.05, 0) is 43.3 Å². The Bertz CT molecular complexity index is 838. The highest BCUT2D eigenvalue weighted by Gasteiger charge is 2.63. The minimum absolute atomic E-state index is 0.00641. The van der Waals surface area contributed by atoms with Crippen molar-refractivity contribution < 1.29 is 14.0 Å². The van der Waals surface area contributed by atoms with E-state index in [1.54, 1.807) is 0 Å². The molecule has 2 fully saturated rings. The zero-order valence-electron chi connectivity index (χ0n) is 17.8. The van der Waals surface area contributed by atoms with E-state index in [1.807, 2.05) is 0 Å². The topological polar surface area (TPSA) is 35.5 Å². The molecular formula is C21H27Cl5O3Si. The van der Waals surface area contributed by atoms with E-state index >= 15 is 0 Å². The molecule has 1 aromatic rings. The average molecular weight is 533 g/mol. The maximum atomic E-state index is 13.3. The summed E-state index contributed by atoms with van der Waals surface area (Å²) in [7, 11) is -2.10. The number of esters is 1. The number of rotatable bonds is 4. The Kier molecular flexibility index (Phi) is 7.14. The predicted octanol–water partition coefficient (Wildman–Crippen LogP) is 8.83. The Morgan fingerprint density at radius 2 is 1.50 bits per heavy atom. The fraction of sp³-hybridized carbons (Fsp3) is 0.667. The zero-order valence-corrected chi connectivity index (χ0v) is 22.6. The second-order valence-electron chi connectivity index (χ2n) is 9.87. The molecule has 0 unspecified atom stereocenters. The summed E-state index contributed by atoms with van der Waals surface area (Å²) < 4.78 is 12.6. The Morgan fingerprint density at radius 1 is 0.967 bits per heavy atom. The molecule has 168 valence electrons. The highest BCUT2D eigenvalue weighted by molar-refractivity contribution is 6.74. The Hall–Kier alpha value is 0.317. The summed E-state index contributed by atoms with van der Waals surface area (Å²) >= 11 is 30.8. The van der Waals surface area contributed by atoms with Crippen molar-refractivity contribution in [2.24, 2.45) is 11.8 Å². The van der Waals surface area contributed by atoms with Gasteiger partial charge in [-0.1, -0.05) is 91.6 Å². The lowest BCUT2D eigenvalue weighted by Crippen LogP contribution is -2.66. The van der Waals surface area contributed by atoms with Crippen molar-refractivity contribution in [2.45, 2.75) is 76.6 Å². The molecule has 0 saturated heterocycles. The standard InChI is InChI=1S/C21H27Cl5O3Si/c1-20(2,3)30(4,5)29-21-9-7-6-8-11(21)10-12(21)19(27)28-18-16(25)14(23)13(22)15(24)17(18)26/h11-12H,6-10H2,1-5H3/t11-,12+,21+/m0/s1. The summed E-state index contributed by atoms with van der Waals surface area (Å²) in [5, 5.41) is 0.0322. The molecule has 0 aromatic heterocycles. The molecule has 2 saturated carbocycles. The first-order chi connectivity index (χ1) is 13.7. The van der Waals surface area contributed by atoms with E-state index in [0.29, 0.717) is 5.92 Å². The Morgan fingerprint density at radius 3 is 2.00 bits per heavy atom. The number of hydrogen-bond donors (Lipinski definition) is 0. The number of carbonyl (C=O) groups is 1. The molecule has 3 nitrogen and oxygen atoms in total. The fourth-order valence-electron chi connectivity index (χ4n) is 4.32. The first-order valence-corrected chi connectivity index (χ1v) is 15.0. The fourth-order valence-corrected chi connectivity index (χ4v) is 7.18. The van der Waals surface area contributed by atoms with Gasteiger partial charge in [0.05, 0.1) is 26.6 Å². The van der Waals surface area contributed by atoms with Crippen molar-refractivity contribution in [3.63, 3.8) is 0 Å². The van der Waals surface area contributed by atoms with Crippen LogP contribution in [0.5, 0.6) is 5.75 Å². The lowest BCUT2D eigenvalue weighted by atomic mass is 9.55. The van der Waals surface area contributed by atoms with Crippen molar-refractivity contribution in [1.82, 2.24) is 0 Å². The normalized spacial score (nSPS) is 26.7. The van der Waals surface area contributed by atoms with E-state index in [-0.39, 0.29) is 41.8 Å². The first-order valence-electron chi connectivity index (χ1n) is 10.2. The van der Waals surface area contributed by atoms with Crippen LogP contribution in [0.1, 0.15) is 52.9 Å². The summed E-state index contributed by atoms with van der Waals surface area (Å²) in [6.07, 6.45) is 4.86. The van der Waals surface area contributed by atoms with E-state index < -0.39 is 19.9 Å². The molecule has 0 aliphatic heterocycles. The molecule has 3 atom stereocenters. The van der Waals surface area contributed by atoms with Gasteiger partial charge in [0.15, 0.2) is 14.1 Å². The number of hydrogen-bond acceptors (Lipinski definition) is 3. The molecule has 9 heteroatoms. The molecule has 3 rings (SSSR count). The maximum absolute atomic E-state index is 13.3. The monoisotopic (exact) mass is 530 g/mol. The minimum Gasteiger partial charge on any atom is -0.423 e. The lowest BCUT2D eigenvalue weighted by Gasteiger charge is -2.60. The summed E-state index contributed by atoms with van der Waals surface area (Å²) in [6.45, 7) is 11.1. The van der Waals surface area contributed by atoms with E-state index in [9.17, 15) is 4.79 Å². The van der Waals surface area contributed by atoms with Crippen LogP contribution in [0.4, 0.5) is 0 Å².